The van der Waals surface area contributed by atoms with Crippen LogP contribution >= 0.6 is 0 Å². The molecule has 1 aromatic carbocycles. The highest BCUT2D eigenvalue weighted by molar-refractivity contribution is 5.94. The number of hydrogen-bond donors (Lipinski definition) is 0. The van der Waals surface area contributed by atoms with Crippen molar-refractivity contribution in [1.82, 2.24) is 14.7 Å². The van der Waals surface area contributed by atoms with Gasteiger partial charge < -0.3 is 19.4 Å². The van der Waals surface area contributed by atoms with Crippen molar-refractivity contribution in [2.45, 2.75) is 45.1 Å². The summed E-state index contributed by atoms with van der Waals surface area (Å²) in [5.41, 5.74) is 1.82. The average Bonchev–Trinajstić information content (AvgIpc) is 3.24. The Bertz CT molecular complexity index is 688. The van der Waals surface area contributed by atoms with E-state index < -0.39 is 0 Å². The third kappa shape index (κ3) is 6.03. The fourth-order valence-electron chi connectivity index (χ4n) is 4.54. The molecule has 0 spiro atoms. The first kappa shape index (κ1) is 21.8. The molecular weight excluding hydrogens is 366 g/mol. The summed E-state index contributed by atoms with van der Waals surface area (Å²) < 4.78 is 5.13. The number of nitrogens with zero attached hydrogens (tertiary/aromatic N) is 3. The SMILES string of the molecule is COCC(=O)N(CCCN1CCCC1)[C@H]1CCCN(C(=O)c2cccc(C)c2)C1. The topological polar surface area (TPSA) is 53.1 Å². The minimum absolute atomic E-state index is 0.0313. The smallest absolute Gasteiger partial charge is 0.253 e. The van der Waals surface area contributed by atoms with Crippen LogP contribution in [0, 0.1) is 6.92 Å². The fraction of sp³-hybridized carbons (Fsp3) is 0.652. The molecule has 160 valence electrons. The Balaban J connectivity index is 1.62. The summed E-state index contributed by atoms with van der Waals surface area (Å²) in [6.45, 7) is 7.58. The molecule has 0 saturated carbocycles. The van der Waals surface area contributed by atoms with E-state index in [0.717, 1.165) is 50.0 Å². The molecule has 3 rings (SSSR count). The van der Waals surface area contributed by atoms with Crippen molar-refractivity contribution < 1.29 is 14.3 Å². The molecule has 29 heavy (non-hydrogen) atoms. The number of piperidine rings is 1. The maximum atomic E-state index is 13.0. The van der Waals surface area contributed by atoms with E-state index in [4.69, 9.17) is 4.74 Å². The van der Waals surface area contributed by atoms with E-state index in [1.807, 2.05) is 41.0 Å². The molecule has 0 unspecified atom stereocenters. The lowest BCUT2D eigenvalue weighted by molar-refractivity contribution is -0.138. The number of aryl methyl sites for hydroxylation is 1. The standard InChI is InChI=1S/C23H35N3O3/c1-19-8-5-9-20(16-19)23(28)25-14-6-10-21(17-25)26(22(27)18-29-2)15-7-13-24-11-3-4-12-24/h5,8-9,16,21H,3-4,6-7,10-15,17-18H2,1-2H3/t21-/m0/s1. The number of methoxy groups -OCH3 is 1. The molecule has 0 radical (unpaired) electrons. The van der Waals surface area contributed by atoms with E-state index in [0.29, 0.717) is 6.54 Å². The van der Waals surface area contributed by atoms with Crippen LogP contribution in [0.5, 0.6) is 0 Å². The lowest BCUT2D eigenvalue weighted by Gasteiger charge is -2.39. The molecular formula is C23H35N3O3. The van der Waals surface area contributed by atoms with Gasteiger partial charge in [-0.15, -0.1) is 0 Å². The summed E-state index contributed by atoms with van der Waals surface area (Å²) >= 11 is 0. The summed E-state index contributed by atoms with van der Waals surface area (Å²) in [5.74, 6) is 0.0957. The molecule has 0 aromatic heterocycles. The van der Waals surface area contributed by atoms with E-state index in [1.54, 1.807) is 7.11 Å². The van der Waals surface area contributed by atoms with Gasteiger partial charge in [-0.3, -0.25) is 9.59 Å². The van der Waals surface area contributed by atoms with Crippen LogP contribution in [-0.2, 0) is 9.53 Å². The van der Waals surface area contributed by atoms with Crippen molar-refractivity contribution in [2.75, 3.05) is 53.0 Å². The fourth-order valence-corrected chi connectivity index (χ4v) is 4.54. The van der Waals surface area contributed by atoms with Gasteiger partial charge in [0.05, 0.1) is 0 Å². The van der Waals surface area contributed by atoms with Gasteiger partial charge in [-0.25, -0.2) is 0 Å². The van der Waals surface area contributed by atoms with Gasteiger partial charge in [-0.05, 0) is 70.8 Å². The van der Waals surface area contributed by atoms with Gasteiger partial charge >= 0.3 is 0 Å². The normalized spacial score (nSPS) is 20.1. The minimum atomic E-state index is 0.0313. The number of likely N-dealkylation sites (tertiary alicyclic amines) is 2. The number of carbonyl (C=O) groups is 2. The molecule has 2 aliphatic rings. The van der Waals surface area contributed by atoms with Crippen LogP contribution in [0.1, 0.15) is 48.0 Å². The Morgan fingerprint density at radius 2 is 1.97 bits per heavy atom. The number of rotatable bonds is 8. The predicted molar refractivity (Wildman–Crippen MR) is 114 cm³/mol. The molecule has 1 atom stereocenters. The van der Waals surface area contributed by atoms with Gasteiger partial charge in [0.2, 0.25) is 5.91 Å². The van der Waals surface area contributed by atoms with Gasteiger partial charge in [0, 0.05) is 38.3 Å². The Labute approximate surface area is 174 Å². The lowest BCUT2D eigenvalue weighted by atomic mass is 10.0. The van der Waals surface area contributed by atoms with Crippen LogP contribution in [0.3, 0.4) is 0 Å². The van der Waals surface area contributed by atoms with Crippen molar-refractivity contribution in [3.05, 3.63) is 35.4 Å². The van der Waals surface area contributed by atoms with Crippen molar-refractivity contribution >= 4 is 11.8 Å². The predicted octanol–water partition coefficient (Wildman–Crippen LogP) is 2.56. The summed E-state index contributed by atoms with van der Waals surface area (Å²) in [6.07, 6.45) is 5.40. The van der Waals surface area contributed by atoms with Crippen LogP contribution in [0.4, 0.5) is 0 Å². The van der Waals surface area contributed by atoms with Crippen LogP contribution in [0.25, 0.3) is 0 Å². The van der Waals surface area contributed by atoms with Crippen LogP contribution in [0.15, 0.2) is 24.3 Å². The van der Waals surface area contributed by atoms with Crippen LogP contribution in [-0.4, -0.2) is 85.5 Å². The molecule has 2 amide bonds. The van der Waals surface area contributed by atoms with E-state index >= 15 is 0 Å². The summed E-state index contributed by atoms with van der Waals surface area (Å²) in [7, 11) is 1.56. The number of amides is 2. The molecule has 6 heteroatoms. The van der Waals surface area contributed by atoms with E-state index in [9.17, 15) is 9.59 Å². The molecule has 2 fully saturated rings. The van der Waals surface area contributed by atoms with Gasteiger partial charge in [-0.2, -0.15) is 0 Å². The molecule has 2 aliphatic heterocycles. The number of carbonyl (C=O) groups excluding carboxylic acids is 2. The van der Waals surface area contributed by atoms with Crippen molar-refractivity contribution in [3.8, 4) is 0 Å². The average molecular weight is 402 g/mol. The van der Waals surface area contributed by atoms with Crippen LogP contribution in [0.2, 0.25) is 0 Å². The largest absolute Gasteiger partial charge is 0.375 e. The zero-order valence-corrected chi connectivity index (χ0v) is 17.9. The second kappa shape index (κ2) is 10.7. The number of ether oxygens (including phenoxy) is 1. The van der Waals surface area contributed by atoms with E-state index in [1.165, 1.54) is 25.9 Å². The Morgan fingerprint density at radius 3 is 2.69 bits per heavy atom. The van der Waals surface area contributed by atoms with Gasteiger partial charge in [0.15, 0.2) is 0 Å². The summed E-state index contributed by atoms with van der Waals surface area (Å²) in [6, 6.07) is 7.82. The highest BCUT2D eigenvalue weighted by atomic mass is 16.5. The molecule has 6 nitrogen and oxygen atoms in total. The second-order valence-corrected chi connectivity index (χ2v) is 8.34. The second-order valence-electron chi connectivity index (χ2n) is 8.34. The third-order valence-corrected chi connectivity index (χ3v) is 6.05. The molecule has 2 saturated heterocycles. The zero-order chi connectivity index (χ0) is 20.6. The molecule has 0 N–H and O–H groups in total. The number of hydrogen-bond acceptors (Lipinski definition) is 4. The first-order valence-corrected chi connectivity index (χ1v) is 10.9. The Morgan fingerprint density at radius 1 is 1.17 bits per heavy atom. The van der Waals surface area contributed by atoms with Crippen molar-refractivity contribution in [1.29, 1.82) is 0 Å². The van der Waals surface area contributed by atoms with Gasteiger partial charge in [0.1, 0.15) is 6.61 Å². The molecule has 0 bridgehead atoms. The van der Waals surface area contributed by atoms with Gasteiger partial charge in [-0.1, -0.05) is 17.7 Å². The quantitative estimate of drug-likeness (QED) is 0.672. The maximum absolute atomic E-state index is 13.0. The molecule has 2 heterocycles. The van der Waals surface area contributed by atoms with E-state index in [2.05, 4.69) is 4.90 Å². The molecule has 1 aromatic rings. The lowest BCUT2D eigenvalue weighted by Crippen LogP contribution is -2.53. The van der Waals surface area contributed by atoms with E-state index in [-0.39, 0.29) is 24.5 Å². The first-order valence-electron chi connectivity index (χ1n) is 10.9. The monoisotopic (exact) mass is 401 g/mol. The number of benzene rings is 1. The van der Waals surface area contributed by atoms with Gasteiger partial charge in [0.25, 0.3) is 5.91 Å². The summed E-state index contributed by atoms with van der Waals surface area (Å²) in [5, 5.41) is 0. The zero-order valence-electron chi connectivity index (χ0n) is 17.9. The molecule has 0 aliphatic carbocycles. The maximum Gasteiger partial charge on any atom is 0.253 e. The first-order chi connectivity index (χ1) is 14.1. The highest BCUT2D eigenvalue weighted by Crippen LogP contribution is 2.20. The van der Waals surface area contributed by atoms with Crippen molar-refractivity contribution in [2.24, 2.45) is 0 Å². The van der Waals surface area contributed by atoms with Crippen LogP contribution < -0.4 is 0 Å². The summed E-state index contributed by atoms with van der Waals surface area (Å²) in [4.78, 5) is 32.1. The Hall–Kier alpha value is -1.92. The Kier molecular flexibility index (Phi) is 8.07. The third-order valence-electron chi connectivity index (χ3n) is 6.05. The minimum Gasteiger partial charge on any atom is -0.375 e. The van der Waals surface area contributed by atoms with Crippen molar-refractivity contribution in [3.63, 3.8) is 0 Å². The highest BCUT2D eigenvalue weighted by Gasteiger charge is 2.31.